The van der Waals surface area contributed by atoms with Crippen LogP contribution in [-0.2, 0) is 6.54 Å². The van der Waals surface area contributed by atoms with Crippen LogP contribution < -0.4 is 5.73 Å². The molecule has 0 atom stereocenters. The first-order chi connectivity index (χ1) is 9.19. The van der Waals surface area contributed by atoms with Crippen molar-refractivity contribution in [2.45, 2.75) is 20.4 Å². The number of fused-ring (bicyclic) bond motifs is 1. The highest BCUT2D eigenvalue weighted by molar-refractivity contribution is 5.86. The molecule has 0 spiro atoms. The molecule has 0 amide bonds. The maximum absolute atomic E-state index is 5.81. The quantitative estimate of drug-likeness (QED) is 0.756. The summed E-state index contributed by atoms with van der Waals surface area (Å²) in [5, 5.41) is 1.09. The number of nitrogen functional groups attached to an aromatic ring is 1. The molecule has 96 valence electrons. The zero-order valence-electron chi connectivity index (χ0n) is 11.2. The Morgan fingerprint density at radius 1 is 1.16 bits per heavy atom. The zero-order chi connectivity index (χ0) is 13.4. The van der Waals surface area contributed by atoms with Gasteiger partial charge in [0.2, 0.25) is 0 Å². The SMILES string of the molecule is CCn1c(-c2ccc(C)cc2)cc2cc(N)cnc21. The van der Waals surface area contributed by atoms with Crippen LogP contribution in [0.3, 0.4) is 0 Å². The summed E-state index contributed by atoms with van der Waals surface area (Å²) in [6.07, 6.45) is 1.72. The van der Waals surface area contributed by atoms with E-state index in [0.29, 0.717) is 5.69 Å². The number of benzene rings is 1. The van der Waals surface area contributed by atoms with Crippen molar-refractivity contribution in [1.29, 1.82) is 0 Å². The molecular formula is C16H17N3. The number of hydrogen-bond donors (Lipinski definition) is 1. The predicted molar refractivity (Wildman–Crippen MR) is 80.0 cm³/mol. The molecule has 3 aromatic rings. The summed E-state index contributed by atoms with van der Waals surface area (Å²) in [5.41, 5.74) is 11.2. The molecular weight excluding hydrogens is 234 g/mol. The number of anilines is 1. The van der Waals surface area contributed by atoms with E-state index in [-0.39, 0.29) is 0 Å². The Morgan fingerprint density at radius 2 is 1.89 bits per heavy atom. The molecule has 2 heterocycles. The molecule has 2 aromatic heterocycles. The van der Waals surface area contributed by atoms with Crippen LogP contribution in [0.4, 0.5) is 5.69 Å². The van der Waals surface area contributed by atoms with E-state index < -0.39 is 0 Å². The van der Waals surface area contributed by atoms with E-state index in [1.807, 2.05) is 6.07 Å². The largest absolute Gasteiger partial charge is 0.397 e. The fourth-order valence-corrected chi connectivity index (χ4v) is 2.45. The van der Waals surface area contributed by atoms with Gasteiger partial charge >= 0.3 is 0 Å². The fourth-order valence-electron chi connectivity index (χ4n) is 2.45. The molecule has 0 fully saturated rings. The molecule has 1 aromatic carbocycles. The second kappa shape index (κ2) is 4.43. The average Bonchev–Trinajstić information content (AvgIpc) is 2.77. The lowest BCUT2D eigenvalue weighted by atomic mass is 10.1. The van der Waals surface area contributed by atoms with Gasteiger partial charge in [-0.25, -0.2) is 4.98 Å². The smallest absolute Gasteiger partial charge is 0.140 e. The lowest BCUT2D eigenvalue weighted by Crippen LogP contribution is -1.98. The topological polar surface area (TPSA) is 43.8 Å². The highest BCUT2D eigenvalue weighted by Gasteiger charge is 2.10. The van der Waals surface area contributed by atoms with Gasteiger partial charge in [-0.3, -0.25) is 0 Å². The lowest BCUT2D eigenvalue weighted by molar-refractivity contribution is 0.795. The van der Waals surface area contributed by atoms with E-state index in [1.165, 1.54) is 16.8 Å². The first-order valence-electron chi connectivity index (χ1n) is 6.51. The number of aromatic nitrogens is 2. The van der Waals surface area contributed by atoms with E-state index in [2.05, 4.69) is 53.7 Å². The number of nitrogens with zero attached hydrogens (tertiary/aromatic N) is 2. The van der Waals surface area contributed by atoms with Gasteiger partial charge in [0.1, 0.15) is 5.65 Å². The number of rotatable bonds is 2. The highest BCUT2D eigenvalue weighted by Crippen LogP contribution is 2.28. The van der Waals surface area contributed by atoms with Gasteiger partial charge in [0.15, 0.2) is 0 Å². The van der Waals surface area contributed by atoms with Gasteiger partial charge in [-0.2, -0.15) is 0 Å². The molecule has 3 heteroatoms. The monoisotopic (exact) mass is 251 g/mol. The van der Waals surface area contributed by atoms with Crippen molar-refractivity contribution in [3.63, 3.8) is 0 Å². The summed E-state index contributed by atoms with van der Waals surface area (Å²) in [4.78, 5) is 4.45. The Kier molecular flexibility index (Phi) is 2.75. The molecule has 3 nitrogen and oxygen atoms in total. The van der Waals surface area contributed by atoms with Crippen LogP contribution in [0.5, 0.6) is 0 Å². The van der Waals surface area contributed by atoms with Crippen molar-refractivity contribution in [1.82, 2.24) is 9.55 Å². The minimum atomic E-state index is 0.705. The Hall–Kier alpha value is -2.29. The van der Waals surface area contributed by atoms with Crippen LogP contribution in [0.25, 0.3) is 22.3 Å². The van der Waals surface area contributed by atoms with Crippen LogP contribution in [0.2, 0.25) is 0 Å². The van der Waals surface area contributed by atoms with E-state index in [1.54, 1.807) is 6.20 Å². The van der Waals surface area contributed by atoms with Gasteiger partial charge in [-0.15, -0.1) is 0 Å². The molecule has 0 aliphatic rings. The van der Waals surface area contributed by atoms with Gasteiger partial charge in [-0.05, 0) is 31.5 Å². The molecule has 0 bridgehead atoms. The van der Waals surface area contributed by atoms with E-state index >= 15 is 0 Å². The minimum absolute atomic E-state index is 0.705. The standard InChI is InChI=1S/C16H17N3/c1-3-19-15(12-6-4-11(2)5-7-12)9-13-8-14(17)10-18-16(13)19/h4-10H,3,17H2,1-2H3. The van der Waals surface area contributed by atoms with E-state index in [9.17, 15) is 0 Å². The van der Waals surface area contributed by atoms with E-state index in [0.717, 1.165) is 17.6 Å². The minimum Gasteiger partial charge on any atom is -0.397 e. The van der Waals surface area contributed by atoms with Crippen LogP contribution in [0.15, 0.2) is 42.6 Å². The van der Waals surface area contributed by atoms with Crippen LogP contribution >= 0.6 is 0 Å². The van der Waals surface area contributed by atoms with Crippen molar-refractivity contribution >= 4 is 16.7 Å². The van der Waals surface area contributed by atoms with Crippen LogP contribution in [0.1, 0.15) is 12.5 Å². The first-order valence-corrected chi connectivity index (χ1v) is 6.51. The van der Waals surface area contributed by atoms with Crippen LogP contribution in [-0.4, -0.2) is 9.55 Å². The third-order valence-corrected chi connectivity index (χ3v) is 3.42. The Labute approximate surface area is 112 Å². The fraction of sp³-hybridized carbons (Fsp3) is 0.188. The molecule has 2 N–H and O–H groups in total. The van der Waals surface area contributed by atoms with Crippen molar-refractivity contribution in [2.75, 3.05) is 5.73 Å². The Balaban J connectivity index is 2.25. The van der Waals surface area contributed by atoms with Gasteiger partial charge in [0, 0.05) is 11.9 Å². The summed E-state index contributed by atoms with van der Waals surface area (Å²) < 4.78 is 2.22. The zero-order valence-corrected chi connectivity index (χ0v) is 11.2. The molecule has 0 radical (unpaired) electrons. The first kappa shape index (κ1) is 11.8. The summed E-state index contributed by atoms with van der Waals surface area (Å²) >= 11 is 0. The maximum Gasteiger partial charge on any atom is 0.140 e. The van der Waals surface area contributed by atoms with Crippen molar-refractivity contribution < 1.29 is 0 Å². The molecule has 3 rings (SSSR count). The number of nitrogens with two attached hydrogens (primary N) is 1. The number of pyridine rings is 1. The summed E-state index contributed by atoms with van der Waals surface area (Å²) in [6.45, 7) is 5.13. The highest BCUT2D eigenvalue weighted by atomic mass is 15.0. The van der Waals surface area contributed by atoms with Crippen LogP contribution in [0, 0.1) is 6.92 Å². The summed E-state index contributed by atoms with van der Waals surface area (Å²) in [7, 11) is 0. The van der Waals surface area contributed by atoms with Gasteiger partial charge < -0.3 is 10.3 Å². The second-order valence-electron chi connectivity index (χ2n) is 4.82. The molecule has 0 unspecified atom stereocenters. The second-order valence-corrected chi connectivity index (χ2v) is 4.82. The molecule has 0 saturated heterocycles. The van der Waals surface area contributed by atoms with Gasteiger partial charge in [0.05, 0.1) is 17.6 Å². The Bertz CT molecular complexity index is 724. The normalized spacial score (nSPS) is 11.1. The van der Waals surface area contributed by atoms with Crippen molar-refractivity contribution in [2.24, 2.45) is 0 Å². The predicted octanol–water partition coefficient (Wildman–Crippen LogP) is 3.61. The van der Waals surface area contributed by atoms with Crippen molar-refractivity contribution in [3.05, 3.63) is 48.2 Å². The maximum atomic E-state index is 5.81. The third kappa shape index (κ3) is 1.97. The van der Waals surface area contributed by atoms with E-state index in [4.69, 9.17) is 5.73 Å². The van der Waals surface area contributed by atoms with Gasteiger partial charge in [-0.1, -0.05) is 29.8 Å². The lowest BCUT2D eigenvalue weighted by Gasteiger charge is -2.07. The van der Waals surface area contributed by atoms with Crippen molar-refractivity contribution in [3.8, 4) is 11.3 Å². The average molecular weight is 251 g/mol. The molecule has 0 aliphatic heterocycles. The molecule has 0 aliphatic carbocycles. The molecule has 0 saturated carbocycles. The molecule has 19 heavy (non-hydrogen) atoms. The number of aryl methyl sites for hydroxylation is 2. The summed E-state index contributed by atoms with van der Waals surface area (Å²) in [6, 6.07) is 12.7. The summed E-state index contributed by atoms with van der Waals surface area (Å²) in [5.74, 6) is 0. The van der Waals surface area contributed by atoms with Gasteiger partial charge in [0.25, 0.3) is 0 Å². The Morgan fingerprint density at radius 3 is 2.58 bits per heavy atom. The number of hydrogen-bond acceptors (Lipinski definition) is 2. The third-order valence-electron chi connectivity index (χ3n) is 3.42.